The number of rotatable bonds is 8. The lowest BCUT2D eigenvalue weighted by Gasteiger charge is -2.22. The van der Waals surface area contributed by atoms with Crippen LogP contribution in [0.15, 0.2) is 90.6 Å². The van der Waals surface area contributed by atoms with Gasteiger partial charge in [-0.25, -0.2) is 9.59 Å². The summed E-state index contributed by atoms with van der Waals surface area (Å²) in [6.45, 7) is 7.58. The summed E-state index contributed by atoms with van der Waals surface area (Å²) in [7, 11) is 0. The molecule has 0 bridgehead atoms. The third-order valence-electron chi connectivity index (χ3n) is 4.81. The molecule has 0 fully saturated rings. The van der Waals surface area contributed by atoms with Gasteiger partial charge in [-0.1, -0.05) is 72.8 Å². The molecule has 3 aromatic carbocycles. The molecule has 3 aromatic rings. The average molecular weight is 474 g/mol. The molecular formula is C29H31NO5. The second-order valence-electron chi connectivity index (χ2n) is 8.76. The van der Waals surface area contributed by atoms with Crippen LogP contribution in [0.25, 0.3) is 5.57 Å². The molecule has 182 valence electrons. The van der Waals surface area contributed by atoms with Crippen molar-refractivity contribution in [3.8, 4) is 5.75 Å². The molecule has 0 unspecified atom stereocenters. The highest BCUT2D eigenvalue weighted by atomic mass is 16.6. The van der Waals surface area contributed by atoms with Gasteiger partial charge in [-0.3, -0.25) is 5.32 Å². The number of ether oxygens (including phenoxy) is 3. The summed E-state index contributed by atoms with van der Waals surface area (Å²) in [6.07, 6.45) is -0.739. The van der Waals surface area contributed by atoms with Gasteiger partial charge in [-0.2, -0.15) is 0 Å². The number of alkyl carbamates (subject to hydrolysis) is 1. The van der Waals surface area contributed by atoms with Gasteiger partial charge in [0.1, 0.15) is 23.7 Å². The number of benzene rings is 3. The van der Waals surface area contributed by atoms with Crippen molar-refractivity contribution < 1.29 is 23.8 Å². The maximum atomic E-state index is 13.0. The largest absolute Gasteiger partial charge is 0.489 e. The third-order valence-corrected chi connectivity index (χ3v) is 4.81. The van der Waals surface area contributed by atoms with Crippen molar-refractivity contribution in [3.63, 3.8) is 0 Å². The van der Waals surface area contributed by atoms with Gasteiger partial charge in [0.15, 0.2) is 0 Å². The normalized spacial score (nSPS) is 11.8. The Bertz CT molecular complexity index is 1150. The van der Waals surface area contributed by atoms with Crippen molar-refractivity contribution in [1.29, 1.82) is 0 Å². The maximum Gasteiger partial charge on any atom is 0.412 e. The molecule has 0 spiro atoms. The fourth-order valence-electron chi connectivity index (χ4n) is 3.34. The number of carbonyl (C=O) groups is 2. The Balaban J connectivity index is 1.99. The lowest BCUT2D eigenvalue weighted by molar-refractivity contribution is -0.138. The molecule has 0 radical (unpaired) electrons. The molecule has 0 saturated heterocycles. The number of hydrogen-bond donors (Lipinski definition) is 1. The van der Waals surface area contributed by atoms with Gasteiger partial charge in [0.25, 0.3) is 0 Å². The van der Waals surface area contributed by atoms with Gasteiger partial charge in [-0.15, -0.1) is 0 Å². The molecule has 6 nitrogen and oxygen atoms in total. The van der Waals surface area contributed by atoms with E-state index in [9.17, 15) is 9.59 Å². The summed E-state index contributed by atoms with van der Waals surface area (Å²) in [5, 5.41) is 2.63. The molecule has 0 aromatic heterocycles. The first-order chi connectivity index (χ1) is 16.8. The van der Waals surface area contributed by atoms with Gasteiger partial charge in [0, 0.05) is 5.57 Å². The quantitative estimate of drug-likeness (QED) is 0.315. The predicted octanol–water partition coefficient (Wildman–Crippen LogP) is 6.11. The second kappa shape index (κ2) is 11.9. The molecule has 1 amide bonds. The Hall–Kier alpha value is -4.06. The van der Waals surface area contributed by atoms with E-state index in [0.29, 0.717) is 23.5 Å². The van der Waals surface area contributed by atoms with Gasteiger partial charge in [0.05, 0.1) is 6.61 Å². The molecule has 0 heterocycles. The first-order valence-corrected chi connectivity index (χ1v) is 11.5. The Labute approximate surface area is 206 Å². The molecule has 0 aliphatic rings. The summed E-state index contributed by atoms with van der Waals surface area (Å²) < 4.78 is 16.6. The van der Waals surface area contributed by atoms with Crippen LogP contribution >= 0.6 is 0 Å². The minimum Gasteiger partial charge on any atom is -0.489 e. The van der Waals surface area contributed by atoms with Crippen LogP contribution in [0.2, 0.25) is 0 Å². The van der Waals surface area contributed by atoms with Gasteiger partial charge in [0.2, 0.25) is 0 Å². The zero-order valence-corrected chi connectivity index (χ0v) is 20.5. The molecule has 0 aliphatic heterocycles. The Morgan fingerprint density at radius 2 is 1.37 bits per heavy atom. The number of carbonyl (C=O) groups excluding carboxylic acids is 2. The van der Waals surface area contributed by atoms with Gasteiger partial charge < -0.3 is 14.2 Å². The van der Waals surface area contributed by atoms with Crippen molar-refractivity contribution in [1.82, 2.24) is 5.32 Å². The minimum atomic E-state index is -0.739. The predicted molar refractivity (Wildman–Crippen MR) is 136 cm³/mol. The summed E-state index contributed by atoms with van der Waals surface area (Å²) >= 11 is 0. The van der Waals surface area contributed by atoms with Crippen molar-refractivity contribution >= 4 is 17.6 Å². The van der Waals surface area contributed by atoms with Crippen LogP contribution in [0, 0.1) is 0 Å². The van der Waals surface area contributed by atoms with Gasteiger partial charge in [-0.05, 0) is 56.5 Å². The van der Waals surface area contributed by atoms with E-state index in [1.807, 2.05) is 84.9 Å². The molecule has 35 heavy (non-hydrogen) atoms. The molecule has 6 heteroatoms. The number of amides is 1. The van der Waals surface area contributed by atoms with E-state index >= 15 is 0 Å². The van der Waals surface area contributed by atoms with Crippen LogP contribution in [-0.4, -0.2) is 24.3 Å². The van der Waals surface area contributed by atoms with Gasteiger partial charge >= 0.3 is 12.1 Å². The van der Waals surface area contributed by atoms with E-state index in [2.05, 4.69) is 5.32 Å². The van der Waals surface area contributed by atoms with E-state index in [0.717, 1.165) is 11.1 Å². The summed E-state index contributed by atoms with van der Waals surface area (Å²) in [5.74, 6) is 0.0319. The van der Waals surface area contributed by atoms with Crippen LogP contribution in [0.3, 0.4) is 0 Å². The Morgan fingerprint density at radius 1 is 0.800 bits per heavy atom. The summed E-state index contributed by atoms with van der Waals surface area (Å²) in [5.41, 5.74) is 2.31. The molecule has 1 N–H and O–H groups in total. The van der Waals surface area contributed by atoms with E-state index in [1.54, 1.807) is 27.7 Å². The number of nitrogens with one attached hydrogen (secondary N) is 1. The monoisotopic (exact) mass is 473 g/mol. The molecule has 0 aliphatic carbocycles. The minimum absolute atomic E-state index is 0.00486. The molecule has 3 rings (SSSR count). The maximum absolute atomic E-state index is 13.0. The number of hydrogen-bond acceptors (Lipinski definition) is 5. The Morgan fingerprint density at radius 3 is 1.94 bits per heavy atom. The highest BCUT2D eigenvalue weighted by Gasteiger charge is 2.25. The smallest absolute Gasteiger partial charge is 0.412 e. The highest BCUT2D eigenvalue weighted by molar-refractivity contribution is 6.03. The lowest BCUT2D eigenvalue weighted by Crippen LogP contribution is -2.35. The van der Waals surface area contributed by atoms with E-state index in [1.165, 1.54) is 0 Å². The van der Waals surface area contributed by atoms with E-state index in [-0.39, 0.29) is 12.3 Å². The first-order valence-electron chi connectivity index (χ1n) is 11.5. The zero-order valence-electron chi connectivity index (χ0n) is 20.5. The van der Waals surface area contributed by atoms with Crippen LogP contribution in [0.5, 0.6) is 5.75 Å². The standard InChI is InChI=1S/C29H31NO5/c1-5-33-27(31)26(30-28(32)35-29(2,3)4)25(22-14-10-7-11-15-22)23-16-18-24(19-17-23)34-20-21-12-8-6-9-13-21/h6-19H,5,20H2,1-4H3,(H,30,32)/b26-25-. The molecular weight excluding hydrogens is 442 g/mol. The van der Waals surface area contributed by atoms with Crippen molar-refractivity contribution in [2.45, 2.75) is 39.9 Å². The Kier molecular flexibility index (Phi) is 8.68. The average Bonchev–Trinajstić information content (AvgIpc) is 2.83. The fraction of sp³-hybridized carbons (Fsp3) is 0.241. The topological polar surface area (TPSA) is 73.9 Å². The van der Waals surface area contributed by atoms with Crippen LogP contribution < -0.4 is 10.1 Å². The van der Waals surface area contributed by atoms with Crippen molar-refractivity contribution in [2.75, 3.05) is 6.61 Å². The van der Waals surface area contributed by atoms with E-state index in [4.69, 9.17) is 14.2 Å². The molecule has 0 atom stereocenters. The van der Waals surface area contributed by atoms with Crippen molar-refractivity contribution in [2.24, 2.45) is 0 Å². The fourth-order valence-corrected chi connectivity index (χ4v) is 3.34. The highest BCUT2D eigenvalue weighted by Crippen LogP contribution is 2.29. The van der Waals surface area contributed by atoms with Crippen LogP contribution in [0.4, 0.5) is 4.79 Å². The molecule has 0 saturated carbocycles. The SMILES string of the molecule is CCOC(=O)/C(NC(=O)OC(C)(C)C)=C(\c1ccccc1)c1ccc(OCc2ccccc2)cc1. The lowest BCUT2D eigenvalue weighted by atomic mass is 9.95. The van der Waals surface area contributed by atoms with Crippen molar-refractivity contribution in [3.05, 3.63) is 107 Å². The second-order valence-corrected chi connectivity index (χ2v) is 8.76. The van der Waals surface area contributed by atoms with E-state index < -0.39 is 17.7 Å². The first kappa shape index (κ1) is 25.6. The zero-order chi connectivity index (χ0) is 25.3. The van der Waals surface area contributed by atoms with Crippen LogP contribution in [-0.2, 0) is 20.9 Å². The summed E-state index contributed by atoms with van der Waals surface area (Å²) in [4.78, 5) is 25.6. The third kappa shape index (κ3) is 7.74. The van der Waals surface area contributed by atoms with Crippen LogP contribution in [0.1, 0.15) is 44.4 Å². The number of esters is 1. The summed E-state index contributed by atoms with van der Waals surface area (Å²) in [6, 6.07) is 26.6.